The molecule has 1 aromatic rings. The Morgan fingerprint density at radius 3 is 2.70 bits per heavy atom. The van der Waals surface area contributed by atoms with Crippen LogP contribution in [0, 0.1) is 12.8 Å². The van der Waals surface area contributed by atoms with E-state index in [-0.39, 0.29) is 13.2 Å². The first-order valence-corrected chi connectivity index (χ1v) is 6.00. The first-order chi connectivity index (χ1) is 9.30. The number of ether oxygens (including phenoxy) is 1. The summed E-state index contributed by atoms with van der Waals surface area (Å²) in [7, 11) is 0. The second-order valence-corrected chi connectivity index (χ2v) is 4.30. The van der Waals surface area contributed by atoms with E-state index in [1.54, 1.807) is 12.1 Å². The number of carboxylic acids is 1. The Labute approximate surface area is 114 Å². The van der Waals surface area contributed by atoms with Crippen molar-refractivity contribution in [2.24, 2.45) is 5.92 Å². The molecule has 112 valence electrons. The third-order valence-corrected chi connectivity index (χ3v) is 2.58. The molecule has 20 heavy (non-hydrogen) atoms. The Morgan fingerprint density at radius 1 is 1.45 bits per heavy atom. The molecule has 0 saturated heterocycles. The summed E-state index contributed by atoms with van der Waals surface area (Å²) in [6, 6.07) is 7.24. The fourth-order valence-electron chi connectivity index (χ4n) is 1.54. The second-order valence-electron chi connectivity index (χ2n) is 4.30. The van der Waals surface area contributed by atoms with Crippen LogP contribution in [0.1, 0.15) is 5.56 Å². The van der Waals surface area contributed by atoms with Crippen molar-refractivity contribution in [2.75, 3.05) is 19.7 Å². The molecular formula is C13H16F3NO3. The topological polar surface area (TPSA) is 58.6 Å². The highest BCUT2D eigenvalue weighted by Gasteiger charge is 2.44. The normalized spacial score (nSPS) is 13.0. The predicted octanol–water partition coefficient (Wildman–Crippen LogP) is 2.23. The Bertz CT molecular complexity index is 449. The summed E-state index contributed by atoms with van der Waals surface area (Å²) in [6.45, 7) is 1.52. The van der Waals surface area contributed by atoms with Crippen molar-refractivity contribution in [1.29, 1.82) is 0 Å². The zero-order valence-electron chi connectivity index (χ0n) is 10.9. The van der Waals surface area contributed by atoms with Gasteiger partial charge in [-0.2, -0.15) is 13.2 Å². The molecule has 7 heteroatoms. The predicted molar refractivity (Wildman–Crippen MR) is 66.7 cm³/mol. The van der Waals surface area contributed by atoms with E-state index in [2.05, 4.69) is 5.32 Å². The molecular weight excluding hydrogens is 275 g/mol. The van der Waals surface area contributed by atoms with Crippen molar-refractivity contribution in [3.05, 3.63) is 29.8 Å². The van der Waals surface area contributed by atoms with Crippen molar-refractivity contribution in [3.63, 3.8) is 0 Å². The number of hydrogen-bond acceptors (Lipinski definition) is 3. The fourth-order valence-corrected chi connectivity index (χ4v) is 1.54. The van der Waals surface area contributed by atoms with Crippen LogP contribution in [0.5, 0.6) is 5.75 Å². The van der Waals surface area contributed by atoms with Crippen LogP contribution in [0.4, 0.5) is 13.2 Å². The lowest BCUT2D eigenvalue weighted by atomic mass is 10.1. The third-order valence-electron chi connectivity index (χ3n) is 2.58. The number of rotatable bonds is 7. The number of aliphatic carboxylic acids is 1. The lowest BCUT2D eigenvalue weighted by Crippen LogP contribution is -2.40. The molecule has 0 aliphatic rings. The summed E-state index contributed by atoms with van der Waals surface area (Å²) >= 11 is 0. The zero-order valence-corrected chi connectivity index (χ0v) is 10.9. The van der Waals surface area contributed by atoms with Gasteiger partial charge in [-0.05, 0) is 24.6 Å². The minimum Gasteiger partial charge on any atom is -0.492 e. The van der Waals surface area contributed by atoms with E-state index >= 15 is 0 Å². The standard InChI is InChI=1S/C13H16F3NO3/c1-9-3-2-4-10(7-9)20-6-5-17-8-11(12(18)19)13(14,15)16/h2-4,7,11,17H,5-6,8H2,1H3,(H,18,19). The Morgan fingerprint density at radius 2 is 2.15 bits per heavy atom. The zero-order chi connectivity index (χ0) is 15.2. The molecule has 1 rings (SSSR count). The van der Waals surface area contributed by atoms with Crippen molar-refractivity contribution in [2.45, 2.75) is 13.1 Å². The minimum atomic E-state index is -4.75. The number of alkyl halides is 3. The van der Waals surface area contributed by atoms with Crippen molar-refractivity contribution in [3.8, 4) is 5.75 Å². The van der Waals surface area contributed by atoms with Crippen LogP contribution in [0.2, 0.25) is 0 Å². The smallest absolute Gasteiger partial charge is 0.403 e. The van der Waals surface area contributed by atoms with Crippen LogP contribution in [-0.2, 0) is 4.79 Å². The number of aryl methyl sites for hydroxylation is 1. The highest BCUT2D eigenvalue weighted by molar-refractivity contribution is 5.71. The molecule has 4 nitrogen and oxygen atoms in total. The van der Waals surface area contributed by atoms with E-state index in [0.29, 0.717) is 5.75 Å². The highest BCUT2D eigenvalue weighted by Crippen LogP contribution is 2.25. The number of carbonyl (C=O) groups is 1. The van der Waals surface area contributed by atoms with Gasteiger partial charge in [0.25, 0.3) is 0 Å². The van der Waals surface area contributed by atoms with Gasteiger partial charge in [0.05, 0.1) is 0 Å². The minimum absolute atomic E-state index is 0.133. The molecule has 0 radical (unpaired) electrons. The molecule has 0 aromatic heterocycles. The lowest BCUT2D eigenvalue weighted by Gasteiger charge is -2.16. The SMILES string of the molecule is Cc1cccc(OCCNCC(C(=O)O)C(F)(F)F)c1. The third kappa shape index (κ3) is 5.48. The fraction of sp³-hybridized carbons (Fsp3) is 0.462. The maximum absolute atomic E-state index is 12.3. The maximum Gasteiger partial charge on any atom is 0.403 e. The van der Waals surface area contributed by atoms with Gasteiger partial charge >= 0.3 is 12.1 Å². The summed E-state index contributed by atoms with van der Waals surface area (Å²) in [5.41, 5.74) is 1.01. The van der Waals surface area contributed by atoms with E-state index in [1.807, 2.05) is 19.1 Å². The number of benzene rings is 1. The molecule has 0 amide bonds. The molecule has 1 unspecified atom stereocenters. The van der Waals surface area contributed by atoms with Crippen LogP contribution in [-0.4, -0.2) is 36.9 Å². The quantitative estimate of drug-likeness (QED) is 0.756. The molecule has 1 atom stereocenters. The number of hydrogen-bond donors (Lipinski definition) is 2. The molecule has 0 saturated carbocycles. The van der Waals surface area contributed by atoms with Crippen LogP contribution < -0.4 is 10.1 Å². The van der Waals surface area contributed by atoms with Gasteiger partial charge in [0.15, 0.2) is 5.92 Å². The monoisotopic (exact) mass is 291 g/mol. The van der Waals surface area contributed by atoms with E-state index in [9.17, 15) is 18.0 Å². The van der Waals surface area contributed by atoms with Gasteiger partial charge in [-0.3, -0.25) is 4.79 Å². The Balaban J connectivity index is 2.29. The van der Waals surface area contributed by atoms with Gasteiger partial charge in [0, 0.05) is 13.1 Å². The molecule has 2 N–H and O–H groups in total. The Kier molecular flexibility index (Phi) is 5.82. The second kappa shape index (κ2) is 7.14. The maximum atomic E-state index is 12.3. The van der Waals surface area contributed by atoms with Gasteiger partial charge in [-0.25, -0.2) is 0 Å². The van der Waals surface area contributed by atoms with Crippen LogP contribution in [0.25, 0.3) is 0 Å². The molecule has 1 aromatic carbocycles. The first-order valence-electron chi connectivity index (χ1n) is 6.00. The Hall–Kier alpha value is -1.76. The van der Waals surface area contributed by atoms with Crippen molar-refractivity contribution < 1.29 is 27.8 Å². The molecule has 0 heterocycles. The highest BCUT2D eigenvalue weighted by atomic mass is 19.4. The molecule has 0 fully saturated rings. The molecule has 0 aliphatic carbocycles. The van der Waals surface area contributed by atoms with Gasteiger partial charge in [0.1, 0.15) is 12.4 Å². The van der Waals surface area contributed by atoms with E-state index in [1.165, 1.54) is 0 Å². The largest absolute Gasteiger partial charge is 0.492 e. The summed E-state index contributed by atoms with van der Waals surface area (Å²) in [6.07, 6.45) is -4.75. The molecule has 0 spiro atoms. The van der Waals surface area contributed by atoms with Crippen molar-refractivity contribution in [1.82, 2.24) is 5.32 Å². The van der Waals surface area contributed by atoms with Gasteiger partial charge in [-0.1, -0.05) is 12.1 Å². The molecule has 0 aliphatic heterocycles. The van der Waals surface area contributed by atoms with E-state index in [0.717, 1.165) is 5.56 Å². The number of nitrogens with one attached hydrogen (secondary N) is 1. The van der Waals surface area contributed by atoms with E-state index < -0.39 is 24.6 Å². The first kappa shape index (κ1) is 16.3. The summed E-state index contributed by atoms with van der Waals surface area (Å²) < 4.78 is 42.3. The van der Waals surface area contributed by atoms with Gasteiger partial charge in [0.2, 0.25) is 0 Å². The lowest BCUT2D eigenvalue weighted by molar-refractivity contribution is -0.192. The van der Waals surface area contributed by atoms with Gasteiger partial charge < -0.3 is 15.2 Å². The summed E-state index contributed by atoms with van der Waals surface area (Å²) in [4.78, 5) is 10.5. The number of carboxylic acid groups (broad SMARTS) is 1. The van der Waals surface area contributed by atoms with Crippen LogP contribution in [0.3, 0.4) is 0 Å². The van der Waals surface area contributed by atoms with Crippen LogP contribution >= 0.6 is 0 Å². The summed E-state index contributed by atoms with van der Waals surface area (Å²) in [5.74, 6) is -3.66. The van der Waals surface area contributed by atoms with Crippen LogP contribution in [0.15, 0.2) is 24.3 Å². The van der Waals surface area contributed by atoms with Gasteiger partial charge in [-0.15, -0.1) is 0 Å². The average molecular weight is 291 g/mol. The average Bonchev–Trinajstić information content (AvgIpc) is 2.31. The van der Waals surface area contributed by atoms with Crippen molar-refractivity contribution >= 4 is 5.97 Å². The van der Waals surface area contributed by atoms with E-state index in [4.69, 9.17) is 9.84 Å². The number of halogens is 3. The summed E-state index contributed by atoms with van der Waals surface area (Å²) in [5, 5.41) is 10.9. The molecule has 0 bridgehead atoms.